The van der Waals surface area contributed by atoms with Gasteiger partial charge in [0.1, 0.15) is 23.7 Å². The molecule has 0 bridgehead atoms. The number of halogens is 1. The number of benzene rings is 1. The molecule has 2 amide bonds. The summed E-state index contributed by atoms with van der Waals surface area (Å²) in [6.45, 7) is 1.68. The Morgan fingerprint density at radius 2 is 2.10 bits per heavy atom. The van der Waals surface area contributed by atoms with E-state index in [1.807, 2.05) is 0 Å². The van der Waals surface area contributed by atoms with Crippen LogP contribution in [-0.2, 0) is 9.59 Å². The molecule has 1 N–H and O–H groups in total. The van der Waals surface area contributed by atoms with Gasteiger partial charge in [-0.15, -0.1) is 0 Å². The summed E-state index contributed by atoms with van der Waals surface area (Å²) in [4.78, 5) is 26.2. The molecule has 0 radical (unpaired) electrons. The van der Waals surface area contributed by atoms with Crippen LogP contribution >= 0.6 is 0 Å². The van der Waals surface area contributed by atoms with E-state index < -0.39 is 11.4 Å². The number of hydrogen-bond acceptors (Lipinski definition) is 3. The van der Waals surface area contributed by atoms with E-state index in [2.05, 4.69) is 5.32 Å². The number of carbonyl (C=O) groups is 2. The number of nitrogens with zero attached hydrogens (tertiary/aromatic N) is 1. The minimum absolute atomic E-state index is 0.0802. The fourth-order valence-electron chi connectivity index (χ4n) is 2.88. The third-order valence-corrected chi connectivity index (χ3v) is 4.22. The third kappa shape index (κ3) is 2.24. The van der Waals surface area contributed by atoms with Crippen molar-refractivity contribution in [2.75, 3.05) is 18.6 Å². The molecule has 0 spiro atoms. The van der Waals surface area contributed by atoms with E-state index in [9.17, 15) is 14.0 Å². The van der Waals surface area contributed by atoms with Gasteiger partial charge in [0.05, 0.1) is 12.8 Å². The Morgan fingerprint density at radius 1 is 1.38 bits per heavy atom. The van der Waals surface area contributed by atoms with Crippen molar-refractivity contribution in [2.45, 2.75) is 25.3 Å². The molecule has 112 valence electrons. The van der Waals surface area contributed by atoms with Gasteiger partial charge < -0.3 is 10.1 Å². The van der Waals surface area contributed by atoms with Gasteiger partial charge in [0.15, 0.2) is 0 Å². The van der Waals surface area contributed by atoms with E-state index >= 15 is 0 Å². The lowest BCUT2D eigenvalue weighted by Gasteiger charge is -2.40. The second-order valence-electron chi connectivity index (χ2n) is 5.73. The minimum atomic E-state index is -0.880. The van der Waals surface area contributed by atoms with Crippen LogP contribution in [0.15, 0.2) is 18.2 Å². The first-order valence-electron chi connectivity index (χ1n) is 6.92. The average molecular weight is 292 g/mol. The van der Waals surface area contributed by atoms with Crippen LogP contribution in [0.25, 0.3) is 0 Å². The van der Waals surface area contributed by atoms with Gasteiger partial charge in [-0.1, -0.05) is 0 Å². The standard InChI is InChI=1S/C15H17FN2O3/c1-15(9-3-4-9)14(20)18(8-13(19)17-15)11-6-5-10(16)7-12(11)21-2/h5-7,9H,3-4,8H2,1-2H3,(H,17,19). The molecule has 1 saturated carbocycles. The fraction of sp³-hybridized carbons (Fsp3) is 0.467. The maximum absolute atomic E-state index is 13.3. The number of methoxy groups -OCH3 is 1. The molecule has 1 atom stereocenters. The van der Waals surface area contributed by atoms with E-state index in [4.69, 9.17) is 4.74 Å². The molecule has 1 unspecified atom stereocenters. The lowest BCUT2D eigenvalue weighted by Crippen LogP contribution is -2.66. The summed E-state index contributed by atoms with van der Waals surface area (Å²) in [7, 11) is 1.41. The zero-order valence-electron chi connectivity index (χ0n) is 12.0. The van der Waals surface area contributed by atoms with Gasteiger partial charge in [-0.3, -0.25) is 14.5 Å². The van der Waals surface area contributed by atoms with Crippen molar-refractivity contribution in [3.05, 3.63) is 24.0 Å². The lowest BCUT2D eigenvalue weighted by molar-refractivity contribution is -0.136. The molecular formula is C15H17FN2O3. The van der Waals surface area contributed by atoms with Crippen LogP contribution in [0.2, 0.25) is 0 Å². The number of ether oxygens (including phenoxy) is 1. The van der Waals surface area contributed by atoms with Crippen LogP contribution in [0.5, 0.6) is 5.75 Å². The maximum Gasteiger partial charge on any atom is 0.253 e. The predicted octanol–water partition coefficient (Wildman–Crippen LogP) is 1.47. The zero-order valence-corrected chi connectivity index (χ0v) is 12.0. The molecule has 6 heteroatoms. The van der Waals surface area contributed by atoms with Gasteiger partial charge in [0.25, 0.3) is 5.91 Å². The maximum atomic E-state index is 13.3. The Labute approximate surface area is 122 Å². The first-order chi connectivity index (χ1) is 9.95. The molecule has 3 rings (SSSR count). The van der Waals surface area contributed by atoms with Crippen LogP contribution in [0.1, 0.15) is 19.8 Å². The van der Waals surface area contributed by atoms with Gasteiger partial charge >= 0.3 is 0 Å². The minimum Gasteiger partial charge on any atom is -0.494 e. The van der Waals surface area contributed by atoms with E-state index in [1.54, 1.807) is 6.92 Å². The summed E-state index contributed by atoms with van der Waals surface area (Å²) in [5.74, 6) is -0.418. The van der Waals surface area contributed by atoms with E-state index in [-0.39, 0.29) is 30.0 Å². The first-order valence-corrected chi connectivity index (χ1v) is 6.92. The Hall–Kier alpha value is -2.11. The quantitative estimate of drug-likeness (QED) is 0.917. The van der Waals surface area contributed by atoms with Crippen LogP contribution in [-0.4, -0.2) is 31.0 Å². The van der Waals surface area contributed by atoms with E-state index in [0.717, 1.165) is 12.8 Å². The smallest absolute Gasteiger partial charge is 0.253 e. The summed E-state index contributed by atoms with van der Waals surface area (Å²) in [5.41, 5.74) is -0.458. The number of nitrogens with one attached hydrogen (secondary N) is 1. The molecule has 1 aromatic carbocycles. The molecule has 2 fully saturated rings. The molecular weight excluding hydrogens is 275 g/mol. The second-order valence-corrected chi connectivity index (χ2v) is 5.73. The number of amides is 2. The molecule has 1 saturated heterocycles. The van der Waals surface area contributed by atoms with Crippen LogP contribution in [0.4, 0.5) is 10.1 Å². The van der Waals surface area contributed by atoms with Crippen molar-refractivity contribution in [1.82, 2.24) is 5.32 Å². The normalized spacial score (nSPS) is 25.8. The van der Waals surface area contributed by atoms with Crippen molar-refractivity contribution < 1.29 is 18.7 Å². The summed E-state index contributed by atoms with van der Waals surface area (Å²) in [6.07, 6.45) is 1.85. The topological polar surface area (TPSA) is 58.6 Å². The van der Waals surface area contributed by atoms with Gasteiger partial charge in [-0.2, -0.15) is 0 Å². The Kier molecular flexibility index (Phi) is 3.11. The largest absolute Gasteiger partial charge is 0.494 e. The average Bonchev–Trinajstić information content (AvgIpc) is 3.27. The molecule has 21 heavy (non-hydrogen) atoms. The lowest BCUT2D eigenvalue weighted by atomic mass is 9.91. The van der Waals surface area contributed by atoms with Crippen LogP contribution in [0, 0.1) is 11.7 Å². The highest BCUT2D eigenvalue weighted by atomic mass is 19.1. The van der Waals surface area contributed by atoms with Gasteiger partial charge in [0, 0.05) is 6.07 Å². The van der Waals surface area contributed by atoms with Crippen molar-refractivity contribution in [3.8, 4) is 5.75 Å². The van der Waals surface area contributed by atoms with Gasteiger partial charge in [0.2, 0.25) is 5.91 Å². The number of piperazine rings is 1. The Balaban J connectivity index is 2.01. The monoisotopic (exact) mass is 292 g/mol. The van der Waals surface area contributed by atoms with Crippen molar-refractivity contribution in [2.24, 2.45) is 5.92 Å². The number of rotatable bonds is 3. The van der Waals surface area contributed by atoms with Crippen molar-refractivity contribution in [1.29, 1.82) is 0 Å². The summed E-state index contributed by atoms with van der Waals surface area (Å²) in [5, 5.41) is 2.81. The molecule has 1 heterocycles. The molecule has 5 nitrogen and oxygen atoms in total. The molecule has 2 aliphatic rings. The fourth-order valence-corrected chi connectivity index (χ4v) is 2.88. The number of anilines is 1. The molecule has 1 aromatic rings. The van der Waals surface area contributed by atoms with E-state index in [0.29, 0.717) is 5.69 Å². The predicted molar refractivity (Wildman–Crippen MR) is 74.6 cm³/mol. The second kappa shape index (κ2) is 4.72. The first kappa shape index (κ1) is 13.9. The van der Waals surface area contributed by atoms with Crippen LogP contribution in [0.3, 0.4) is 0 Å². The Bertz CT molecular complexity index is 615. The third-order valence-electron chi connectivity index (χ3n) is 4.22. The van der Waals surface area contributed by atoms with Gasteiger partial charge in [-0.25, -0.2) is 4.39 Å². The Morgan fingerprint density at radius 3 is 2.71 bits per heavy atom. The zero-order chi connectivity index (χ0) is 15.2. The van der Waals surface area contributed by atoms with E-state index in [1.165, 1.54) is 30.2 Å². The highest BCUT2D eigenvalue weighted by Crippen LogP contribution is 2.43. The molecule has 1 aliphatic carbocycles. The summed E-state index contributed by atoms with van der Waals surface area (Å²) < 4.78 is 18.4. The number of hydrogen-bond donors (Lipinski definition) is 1. The van der Waals surface area contributed by atoms with Crippen molar-refractivity contribution >= 4 is 17.5 Å². The highest BCUT2D eigenvalue weighted by molar-refractivity contribution is 6.10. The highest BCUT2D eigenvalue weighted by Gasteiger charge is 2.53. The summed E-state index contributed by atoms with van der Waals surface area (Å²) >= 11 is 0. The van der Waals surface area contributed by atoms with Gasteiger partial charge in [-0.05, 0) is 37.8 Å². The number of carbonyl (C=O) groups excluding carboxylic acids is 2. The molecule has 0 aromatic heterocycles. The summed E-state index contributed by atoms with van der Waals surface area (Å²) in [6, 6.07) is 3.94. The SMILES string of the molecule is COc1cc(F)ccc1N1CC(=O)NC(C)(C2CC2)C1=O. The molecule has 1 aliphatic heterocycles. The van der Waals surface area contributed by atoms with Crippen molar-refractivity contribution in [3.63, 3.8) is 0 Å². The van der Waals surface area contributed by atoms with Crippen LogP contribution < -0.4 is 15.0 Å².